The molecule has 2 heterocycles. The molecule has 0 bridgehead atoms. The summed E-state index contributed by atoms with van der Waals surface area (Å²) in [4.78, 5) is 17.8. The minimum Gasteiger partial charge on any atom is -0.497 e. The summed E-state index contributed by atoms with van der Waals surface area (Å²) < 4.78 is 20.6. The van der Waals surface area contributed by atoms with E-state index in [2.05, 4.69) is 14.6 Å². The van der Waals surface area contributed by atoms with Crippen molar-refractivity contribution in [3.63, 3.8) is 0 Å². The van der Waals surface area contributed by atoms with Gasteiger partial charge in [-0.05, 0) is 73.3 Å². The van der Waals surface area contributed by atoms with Crippen molar-refractivity contribution in [2.45, 2.75) is 24.5 Å². The van der Waals surface area contributed by atoms with E-state index in [1.165, 1.54) is 23.5 Å². The highest BCUT2D eigenvalue weighted by Crippen LogP contribution is 2.62. The van der Waals surface area contributed by atoms with Gasteiger partial charge in [-0.1, -0.05) is 11.6 Å². The molecule has 0 spiro atoms. The van der Waals surface area contributed by atoms with Crippen molar-refractivity contribution < 1.29 is 13.9 Å². The number of carbonyl (C=O) groups excluding carboxylic acids is 1. The molecule has 1 saturated carbocycles. The molecule has 1 amide bonds. The zero-order valence-electron chi connectivity index (χ0n) is 17.5. The van der Waals surface area contributed by atoms with Crippen LogP contribution in [0.2, 0.25) is 5.02 Å². The Morgan fingerprint density at radius 2 is 2.12 bits per heavy atom. The molecule has 9 heteroatoms. The Hall–Kier alpha value is -2.29. The number of carbonyl (C=O) groups is 1. The summed E-state index contributed by atoms with van der Waals surface area (Å²) in [7, 11) is 1.65. The lowest BCUT2D eigenvalue weighted by Gasteiger charge is -2.21. The van der Waals surface area contributed by atoms with E-state index in [0.717, 1.165) is 45.7 Å². The van der Waals surface area contributed by atoms with E-state index in [-0.39, 0.29) is 11.7 Å². The van der Waals surface area contributed by atoms with Gasteiger partial charge >= 0.3 is 0 Å². The average molecular weight is 490 g/mol. The lowest BCUT2D eigenvalue weighted by atomic mass is 10.1. The van der Waals surface area contributed by atoms with Crippen molar-refractivity contribution in [1.82, 2.24) is 4.98 Å². The molecule has 5 rings (SSSR count). The molecule has 2 fully saturated rings. The Kier molecular flexibility index (Phi) is 5.55. The quantitative estimate of drug-likeness (QED) is 0.449. The zero-order chi connectivity index (χ0) is 22.5. The normalized spacial score (nSPS) is 21.4. The van der Waals surface area contributed by atoms with E-state index < -0.39 is 4.75 Å². The van der Waals surface area contributed by atoms with Crippen LogP contribution in [0.15, 0.2) is 42.5 Å². The lowest BCUT2D eigenvalue weighted by molar-refractivity contribution is -0.116. The van der Waals surface area contributed by atoms with Crippen LogP contribution in [-0.2, 0) is 11.2 Å². The molecule has 1 N–H and O–H groups in total. The van der Waals surface area contributed by atoms with Crippen molar-refractivity contribution in [2.24, 2.45) is 5.92 Å². The monoisotopic (exact) mass is 489 g/mol. The molecular weight excluding hydrogens is 469 g/mol. The molecule has 1 aliphatic carbocycles. The molecule has 3 aromatic rings. The summed E-state index contributed by atoms with van der Waals surface area (Å²) in [5.41, 5.74) is 2.59. The molecule has 2 aliphatic rings. The molecule has 32 heavy (non-hydrogen) atoms. The van der Waals surface area contributed by atoms with Crippen LogP contribution >= 0.6 is 34.9 Å². The van der Waals surface area contributed by atoms with E-state index in [0.29, 0.717) is 17.4 Å². The van der Waals surface area contributed by atoms with Gasteiger partial charge in [-0.15, -0.1) is 11.3 Å². The van der Waals surface area contributed by atoms with Gasteiger partial charge in [0.15, 0.2) is 0 Å². The fourth-order valence-corrected chi connectivity index (χ4v) is 6.78. The minimum absolute atomic E-state index is 0.0237. The van der Waals surface area contributed by atoms with E-state index in [4.69, 9.17) is 16.3 Å². The summed E-state index contributed by atoms with van der Waals surface area (Å²) in [6, 6.07) is 12.4. The van der Waals surface area contributed by atoms with Gasteiger partial charge in [-0.2, -0.15) is 0 Å². The maximum Gasteiger partial charge on any atom is 0.243 e. The topological polar surface area (TPSA) is 54.5 Å². The number of rotatable bonds is 6. The van der Waals surface area contributed by atoms with Crippen molar-refractivity contribution in [1.29, 1.82) is 0 Å². The number of hydrogen-bond acceptors (Lipinski definition) is 6. The van der Waals surface area contributed by atoms with E-state index in [1.54, 1.807) is 25.1 Å². The van der Waals surface area contributed by atoms with Gasteiger partial charge in [-0.25, -0.2) is 9.37 Å². The number of ether oxygens (including phenoxy) is 1. The number of amides is 1. The van der Waals surface area contributed by atoms with Crippen molar-refractivity contribution in [3.05, 3.63) is 69.6 Å². The molecule has 5 nitrogen and oxygen atoms in total. The first-order chi connectivity index (χ1) is 15.4. The van der Waals surface area contributed by atoms with Crippen LogP contribution in [0.25, 0.3) is 0 Å². The van der Waals surface area contributed by atoms with Crippen LogP contribution < -0.4 is 14.4 Å². The number of benzene rings is 2. The van der Waals surface area contributed by atoms with Crippen LogP contribution in [0.1, 0.15) is 22.7 Å². The first-order valence-electron chi connectivity index (χ1n) is 10.2. The van der Waals surface area contributed by atoms with Gasteiger partial charge in [0.1, 0.15) is 21.3 Å². The Balaban J connectivity index is 1.26. The molecule has 2 aromatic carbocycles. The van der Waals surface area contributed by atoms with Crippen LogP contribution in [0.4, 0.5) is 15.1 Å². The fraction of sp³-hybridized carbons (Fsp3) is 0.304. The van der Waals surface area contributed by atoms with Crippen LogP contribution in [0, 0.1) is 18.7 Å². The first kappa shape index (κ1) is 21.6. The maximum absolute atomic E-state index is 13.6. The summed E-state index contributed by atoms with van der Waals surface area (Å²) in [5, 5.41) is 5.02. The molecular formula is C23H21ClFN3O2S2. The average Bonchev–Trinajstić information content (AvgIpc) is 3.15. The second kappa shape index (κ2) is 8.24. The third-order valence-corrected chi connectivity index (χ3v) is 8.68. The van der Waals surface area contributed by atoms with Gasteiger partial charge < -0.3 is 14.4 Å². The highest BCUT2D eigenvalue weighted by atomic mass is 35.5. The van der Waals surface area contributed by atoms with Gasteiger partial charge in [-0.3, -0.25) is 4.79 Å². The second-order valence-electron chi connectivity index (χ2n) is 8.07. The van der Waals surface area contributed by atoms with Gasteiger partial charge in [0.25, 0.3) is 0 Å². The van der Waals surface area contributed by atoms with Crippen LogP contribution in [-0.4, -0.2) is 29.3 Å². The summed E-state index contributed by atoms with van der Waals surface area (Å²) in [5.74, 6) is 0.799. The number of aryl methyl sites for hydroxylation is 1. The Morgan fingerprint density at radius 1 is 1.34 bits per heavy atom. The van der Waals surface area contributed by atoms with Crippen LogP contribution in [0.3, 0.4) is 0 Å². The highest BCUT2D eigenvalue weighted by molar-refractivity contribution is 8.03. The number of aromatic nitrogens is 1. The predicted octanol–water partition coefficient (Wildman–Crippen LogP) is 5.71. The van der Waals surface area contributed by atoms with Crippen molar-refractivity contribution in [3.8, 4) is 5.75 Å². The van der Waals surface area contributed by atoms with Gasteiger partial charge in [0.05, 0.1) is 17.8 Å². The molecule has 2 atom stereocenters. The highest BCUT2D eigenvalue weighted by Gasteiger charge is 2.66. The predicted molar refractivity (Wildman–Crippen MR) is 128 cm³/mol. The third kappa shape index (κ3) is 4.07. The number of fused-ring (bicyclic) bond motifs is 1. The number of nitrogens with zero attached hydrogens (tertiary/aromatic N) is 2. The summed E-state index contributed by atoms with van der Waals surface area (Å²) in [6.07, 6.45) is 1.34. The van der Waals surface area contributed by atoms with Gasteiger partial charge in [0, 0.05) is 29.6 Å². The summed E-state index contributed by atoms with van der Waals surface area (Å²) >= 11 is 8.99. The molecule has 2 unspecified atom stereocenters. The number of thiazole rings is 1. The maximum atomic E-state index is 13.6. The van der Waals surface area contributed by atoms with Crippen LogP contribution in [0.5, 0.6) is 5.75 Å². The Bertz CT molecular complexity index is 1170. The number of hydrogen-bond donors (Lipinski definition) is 1. The lowest BCUT2D eigenvalue weighted by Crippen LogP contribution is -2.28. The van der Waals surface area contributed by atoms with Crippen molar-refractivity contribution >= 4 is 51.5 Å². The smallest absolute Gasteiger partial charge is 0.243 e. The molecule has 166 valence electrons. The second-order valence-corrected chi connectivity index (χ2v) is 10.9. The summed E-state index contributed by atoms with van der Waals surface area (Å²) in [6.45, 7) is 2.72. The number of halogens is 2. The Labute approximate surface area is 199 Å². The largest absolute Gasteiger partial charge is 0.497 e. The van der Waals surface area contributed by atoms with Gasteiger partial charge in [0.2, 0.25) is 5.91 Å². The fourth-order valence-electron chi connectivity index (χ4n) is 4.03. The number of nitrogens with one attached hydrogen (secondary N) is 1. The SMILES string of the molecule is COc1ccc(N2CC3CC3(C(=O)Nc3sc(Cc4cc(F)cc(Cl)c4)nc3C)S2)cc1. The van der Waals surface area contributed by atoms with E-state index >= 15 is 0 Å². The van der Waals surface area contributed by atoms with E-state index in [1.807, 2.05) is 31.2 Å². The molecule has 1 aromatic heterocycles. The molecule has 0 radical (unpaired) electrons. The minimum atomic E-state index is -0.424. The molecule has 1 aliphatic heterocycles. The number of anilines is 2. The van der Waals surface area contributed by atoms with E-state index in [9.17, 15) is 9.18 Å². The third-order valence-electron chi connectivity index (χ3n) is 5.80. The molecule has 1 saturated heterocycles. The first-order valence-corrected chi connectivity index (χ1v) is 12.2. The number of methoxy groups -OCH3 is 1. The zero-order valence-corrected chi connectivity index (χ0v) is 19.9. The van der Waals surface area contributed by atoms with Crippen molar-refractivity contribution in [2.75, 3.05) is 23.3 Å². The standard InChI is InChI=1S/C23H21ClFN3O2S2/c1-13-21(31-20(26-13)9-14-7-16(24)10-17(25)8-14)27-22(29)23-11-15(23)12-28(32-23)18-3-5-19(30-2)6-4-18/h3-8,10,15H,9,11-12H2,1-2H3,(H,27,29). The Morgan fingerprint density at radius 3 is 2.84 bits per heavy atom.